The van der Waals surface area contributed by atoms with Gasteiger partial charge >= 0.3 is 0 Å². The number of aromatic nitrogens is 4. The summed E-state index contributed by atoms with van der Waals surface area (Å²) in [6.07, 6.45) is 8.66. The first-order valence-electron chi connectivity index (χ1n) is 13.0. The van der Waals surface area contributed by atoms with Crippen molar-refractivity contribution >= 4 is 23.2 Å². The van der Waals surface area contributed by atoms with E-state index in [0.29, 0.717) is 35.4 Å². The molecule has 0 spiro atoms. The summed E-state index contributed by atoms with van der Waals surface area (Å²) in [6, 6.07) is 15.1. The Kier molecular flexibility index (Phi) is 12.6. The van der Waals surface area contributed by atoms with E-state index in [1.165, 1.54) is 0 Å². The van der Waals surface area contributed by atoms with E-state index in [-0.39, 0.29) is 6.10 Å². The molecule has 2 N–H and O–H groups in total. The average Bonchev–Trinajstić information content (AvgIpc) is 3.63. The minimum Gasteiger partial charge on any atom is -0.491 e. The molecular formula is C27H28Cl2N6O9. The summed E-state index contributed by atoms with van der Waals surface area (Å²) >= 11 is 12.7. The third-order valence-electron chi connectivity index (χ3n) is 5.92. The molecule has 4 aromatic rings. The Bertz CT molecular complexity index is 1490. The van der Waals surface area contributed by atoms with Crippen LogP contribution >= 0.6 is 23.2 Å². The topological polar surface area (TPSA) is 198 Å². The maximum atomic E-state index is 8.36. The lowest BCUT2D eigenvalue weighted by Gasteiger charge is -2.30. The highest BCUT2D eigenvalue weighted by Gasteiger charge is 2.45. The fourth-order valence-corrected chi connectivity index (χ4v) is 4.74. The smallest absolute Gasteiger partial charge is 0.291 e. The van der Waals surface area contributed by atoms with E-state index in [1.807, 2.05) is 47.2 Å². The summed E-state index contributed by atoms with van der Waals surface area (Å²) < 4.78 is 20.6. The quantitative estimate of drug-likeness (QED) is 0.176. The lowest BCUT2D eigenvalue weighted by Crippen LogP contribution is -2.34. The van der Waals surface area contributed by atoms with Crippen molar-refractivity contribution in [3.8, 4) is 17.0 Å². The van der Waals surface area contributed by atoms with Gasteiger partial charge < -0.3 is 29.2 Å². The summed E-state index contributed by atoms with van der Waals surface area (Å²) in [5.74, 6) is 0.513. The first-order valence-corrected chi connectivity index (χ1v) is 13.7. The number of benzene rings is 2. The Balaban J connectivity index is 0.000000592. The third kappa shape index (κ3) is 10.3. The molecule has 15 nitrogen and oxygen atoms in total. The fraction of sp³-hybridized carbons (Fsp3) is 0.296. The predicted octanol–water partition coefficient (Wildman–Crippen LogP) is 5.25. The number of imidazole rings is 1. The van der Waals surface area contributed by atoms with Crippen molar-refractivity contribution in [2.24, 2.45) is 0 Å². The highest BCUT2D eigenvalue weighted by molar-refractivity contribution is 6.35. The van der Waals surface area contributed by atoms with Gasteiger partial charge in [-0.15, -0.1) is 20.2 Å². The Morgan fingerprint density at radius 1 is 1.09 bits per heavy atom. The van der Waals surface area contributed by atoms with Gasteiger partial charge in [-0.3, -0.25) is 0 Å². The van der Waals surface area contributed by atoms with Crippen LogP contribution in [0.15, 0.2) is 73.4 Å². The Labute approximate surface area is 260 Å². The van der Waals surface area contributed by atoms with E-state index >= 15 is 0 Å². The van der Waals surface area contributed by atoms with E-state index < -0.39 is 16.0 Å². The van der Waals surface area contributed by atoms with E-state index in [4.69, 9.17) is 68.1 Å². The molecule has 1 fully saturated rings. The summed E-state index contributed by atoms with van der Waals surface area (Å²) in [5.41, 5.74) is 2.62. The van der Waals surface area contributed by atoms with Crippen LogP contribution in [0.3, 0.4) is 0 Å². The predicted molar refractivity (Wildman–Crippen MR) is 156 cm³/mol. The Hall–Kier alpha value is -4.57. The molecule has 44 heavy (non-hydrogen) atoms. The summed E-state index contributed by atoms with van der Waals surface area (Å²) in [7, 11) is 0. The summed E-state index contributed by atoms with van der Waals surface area (Å²) in [5, 5.41) is 28.3. The van der Waals surface area contributed by atoms with Gasteiger partial charge in [0.1, 0.15) is 24.3 Å². The van der Waals surface area contributed by atoms with Gasteiger partial charge in [-0.1, -0.05) is 36.2 Å². The van der Waals surface area contributed by atoms with Gasteiger partial charge in [-0.05, 0) is 48.9 Å². The van der Waals surface area contributed by atoms with Gasteiger partial charge in [-0.25, -0.2) is 15.0 Å². The minimum atomic E-state index is -1.50. The van der Waals surface area contributed by atoms with Gasteiger partial charge in [0, 0.05) is 41.2 Å². The molecule has 234 valence electrons. The van der Waals surface area contributed by atoms with E-state index in [2.05, 4.69) is 21.9 Å². The number of aryl methyl sites for hydroxylation is 1. The second-order valence-corrected chi connectivity index (χ2v) is 9.93. The van der Waals surface area contributed by atoms with Crippen LogP contribution < -0.4 is 4.74 Å². The summed E-state index contributed by atoms with van der Waals surface area (Å²) in [6.45, 7) is 3.18. The van der Waals surface area contributed by atoms with Crippen LogP contribution in [0, 0.1) is 20.2 Å². The molecule has 0 amide bonds. The molecule has 1 saturated heterocycles. The monoisotopic (exact) mass is 650 g/mol. The van der Waals surface area contributed by atoms with Gasteiger partial charge in [-0.2, -0.15) is 0 Å². The van der Waals surface area contributed by atoms with Crippen molar-refractivity contribution < 1.29 is 34.8 Å². The van der Waals surface area contributed by atoms with Crippen LogP contribution in [0.2, 0.25) is 10.0 Å². The van der Waals surface area contributed by atoms with Crippen molar-refractivity contribution in [2.75, 3.05) is 13.2 Å². The molecule has 2 aromatic heterocycles. The van der Waals surface area contributed by atoms with Crippen molar-refractivity contribution in [2.45, 2.75) is 38.2 Å². The van der Waals surface area contributed by atoms with Gasteiger partial charge in [0.05, 0.1) is 30.2 Å². The number of halogens is 2. The molecule has 5 rings (SSSR count). The number of hydrogen-bond acceptors (Lipinski definition) is 10. The first-order chi connectivity index (χ1) is 21.0. The first kappa shape index (κ1) is 33.9. The molecule has 0 unspecified atom stereocenters. The molecule has 0 saturated carbocycles. The maximum absolute atomic E-state index is 8.36. The average molecular weight is 651 g/mol. The van der Waals surface area contributed by atoms with Crippen LogP contribution in [0.4, 0.5) is 0 Å². The molecule has 17 heteroatoms. The SMILES string of the molecule is CCCc1nccc(-c2ccc(OC[C@@H]3CO[C@@](Cn4ccnc4)(c4ccc(Cl)cc4Cl)O3)cc2)n1.O=[N+]([O-])O.O=[N+]([O-])O. The highest BCUT2D eigenvalue weighted by Crippen LogP contribution is 2.40. The second-order valence-electron chi connectivity index (χ2n) is 9.08. The Morgan fingerprint density at radius 3 is 2.41 bits per heavy atom. The number of rotatable bonds is 9. The molecule has 0 radical (unpaired) electrons. The second kappa shape index (κ2) is 16.3. The Morgan fingerprint density at radius 2 is 1.80 bits per heavy atom. The van der Waals surface area contributed by atoms with E-state index in [1.54, 1.807) is 30.9 Å². The van der Waals surface area contributed by atoms with Gasteiger partial charge in [0.25, 0.3) is 10.2 Å². The maximum Gasteiger partial charge on any atom is 0.291 e. The van der Waals surface area contributed by atoms with Crippen LogP contribution in [-0.4, -0.2) is 59.4 Å². The zero-order valence-corrected chi connectivity index (χ0v) is 24.7. The molecule has 1 aliphatic rings. The largest absolute Gasteiger partial charge is 0.491 e. The lowest BCUT2D eigenvalue weighted by molar-refractivity contribution is -0.742. The number of ether oxygens (including phenoxy) is 3. The molecule has 2 aromatic carbocycles. The van der Waals surface area contributed by atoms with Crippen molar-refractivity contribution in [1.29, 1.82) is 0 Å². The highest BCUT2D eigenvalue weighted by atomic mass is 35.5. The molecule has 0 aliphatic carbocycles. The minimum absolute atomic E-state index is 0.293. The van der Waals surface area contributed by atoms with Crippen molar-refractivity contribution in [3.05, 3.63) is 115 Å². The molecule has 0 bridgehead atoms. The van der Waals surface area contributed by atoms with E-state index in [0.717, 1.165) is 35.7 Å². The zero-order valence-electron chi connectivity index (χ0n) is 23.2. The van der Waals surface area contributed by atoms with Gasteiger partial charge in [0.15, 0.2) is 0 Å². The van der Waals surface area contributed by atoms with Gasteiger partial charge in [0.2, 0.25) is 5.79 Å². The van der Waals surface area contributed by atoms with Crippen LogP contribution in [0.5, 0.6) is 5.75 Å². The molecule has 3 heterocycles. The lowest BCUT2D eigenvalue weighted by atomic mass is 10.1. The fourth-order valence-electron chi connectivity index (χ4n) is 4.19. The molecule has 2 atom stereocenters. The molecule has 1 aliphatic heterocycles. The normalized spacial score (nSPS) is 17.0. The van der Waals surface area contributed by atoms with Crippen LogP contribution in [-0.2, 0) is 28.2 Å². The molecular weight excluding hydrogens is 623 g/mol. The van der Waals surface area contributed by atoms with Crippen LogP contribution in [0.1, 0.15) is 24.7 Å². The third-order valence-corrected chi connectivity index (χ3v) is 6.46. The standard InChI is InChI=1S/C27H26Cl2N4O3.2HNO3/c1-2-3-26-31-11-10-25(32-26)19-4-7-21(8-5-19)34-15-22-16-35-27(36-22,17-33-13-12-30-18-33)23-9-6-20(28)14-24(23)29;2*2-1(3)4/h4-14,18,22H,2-3,15-17H2,1H3;2*(H,2,3,4)/t22-,27-;;/m1../s1. The summed E-state index contributed by atoms with van der Waals surface area (Å²) in [4.78, 5) is 29.8. The van der Waals surface area contributed by atoms with Crippen molar-refractivity contribution in [3.63, 3.8) is 0 Å². The zero-order chi connectivity index (χ0) is 32.1. The van der Waals surface area contributed by atoms with Crippen molar-refractivity contribution in [1.82, 2.24) is 19.5 Å². The number of hydrogen-bond donors (Lipinski definition) is 2. The van der Waals surface area contributed by atoms with Crippen LogP contribution in [0.25, 0.3) is 11.3 Å². The number of nitrogens with zero attached hydrogens (tertiary/aromatic N) is 6. The van der Waals surface area contributed by atoms with E-state index in [9.17, 15) is 0 Å².